The number of ether oxygens (including phenoxy) is 5. The summed E-state index contributed by atoms with van der Waals surface area (Å²) in [6.07, 6.45) is -0.253. The predicted molar refractivity (Wildman–Crippen MR) is 120 cm³/mol. The first kappa shape index (κ1) is 26.1. The van der Waals surface area contributed by atoms with Crippen molar-refractivity contribution < 1.29 is 43.2 Å². The van der Waals surface area contributed by atoms with Crippen LogP contribution in [0.1, 0.15) is 47.0 Å². The Kier molecular flexibility index (Phi) is 8.00. The first-order valence-electron chi connectivity index (χ1n) is 11.6. The van der Waals surface area contributed by atoms with Gasteiger partial charge in [0.05, 0.1) is 31.3 Å². The van der Waals surface area contributed by atoms with E-state index in [1.54, 1.807) is 26.0 Å². The van der Waals surface area contributed by atoms with E-state index in [9.17, 15) is 19.5 Å². The number of rotatable bonds is 6. The van der Waals surface area contributed by atoms with Crippen LogP contribution in [0.15, 0.2) is 35.5 Å². The highest BCUT2D eigenvalue weighted by Crippen LogP contribution is 2.46. The number of fused-ring (bicyclic) bond motifs is 1. The second-order valence-corrected chi connectivity index (χ2v) is 9.03. The number of carbonyl (C=O) groups excluding carboxylic acids is 3. The molecule has 34 heavy (non-hydrogen) atoms. The van der Waals surface area contributed by atoms with Gasteiger partial charge in [-0.15, -0.1) is 0 Å². The van der Waals surface area contributed by atoms with Crippen molar-refractivity contribution in [2.75, 3.05) is 13.7 Å². The smallest absolute Gasteiger partial charge is 0.336 e. The molecule has 3 rings (SSSR count). The third-order valence-corrected chi connectivity index (χ3v) is 6.89. The van der Waals surface area contributed by atoms with Crippen LogP contribution in [-0.2, 0) is 38.1 Å². The third-order valence-electron chi connectivity index (χ3n) is 6.89. The average molecular weight is 479 g/mol. The lowest BCUT2D eigenvalue weighted by Gasteiger charge is -2.37. The van der Waals surface area contributed by atoms with Crippen LogP contribution >= 0.6 is 0 Å². The number of aliphatic hydroxyl groups is 1. The lowest BCUT2D eigenvalue weighted by Crippen LogP contribution is -2.52. The van der Waals surface area contributed by atoms with Crippen LogP contribution in [0.3, 0.4) is 0 Å². The first-order chi connectivity index (χ1) is 16.1. The van der Waals surface area contributed by atoms with E-state index in [4.69, 9.17) is 23.7 Å². The van der Waals surface area contributed by atoms with Crippen LogP contribution in [0.25, 0.3) is 0 Å². The van der Waals surface area contributed by atoms with Crippen molar-refractivity contribution in [1.82, 2.24) is 0 Å². The van der Waals surface area contributed by atoms with Gasteiger partial charge in [-0.3, -0.25) is 0 Å². The molecule has 0 amide bonds. The molecule has 0 bridgehead atoms. The number of esters is 3. The summed E-state index contributed by atoms with van der Waals surface area (Å²) in [5.41, 5.74) is -0.405. The lowest BCUT2D eigenvalue weighted by atomic mass is 9.78. The minimum absolute atomic E-state index is 0.0262. The highest BCUT2D eigenvalue weighted by Gasteiger charge is 2.61. The van der Waals surface area contributed by atoms with Gasteiger partial charge in [-0.1, -0.05) is 25.7 Å². The molecule has 1 N–H and O–H groups in total. The summed E-state index contributed by atoms with van der Waals surface area (Å²) < 4.78 is 28.3. The summed E-state index contributed by atoms with van der Waals surface area (Å²) in [4.78, 5) is 38.4. The third kappa shape index (κ3) is 4.96. The lowest BCUT2D eigenvalue weighted by molar-refractivity contribution is -0.169. The van der Waals surface area contributed by atoms with E-state index >= 15 is 0 Å². The molecular weight excluding hydrogens is 444 g/mol. The van der Waals surface area contributed by atoms with Crippen molar-refractivity contribution in [3.63, 3.8) is 0 Å². The van der Waals surface area contributed by atoms with E-state index in [0.29, 0.717) is 24.8 Å². The second kappa shape index (κ2) is 10.4. The van der Waals surface area contributed by atoms with Crippen LogP contribution in [0.2, 0.25) is 0 Å². The van der Waals surface area contributed by atoms with Crippen LogP contribution < -0.4 is 0 Å². The summed E-state index contributed by atoms with van der Waals surface area (Å²) in [7, 11) is 1.26. The Morgan fingerprint density at radius 3 is 2.65 bits per heavy atom. The van der Waals surface area contributed by atoms with Gasteiger partial charge in [0.1, 0.15) is 30.0 Å². The maximum absolute atomic E-state index is 12.9. The molecule has 0 unspecified atom stereocenters. The van der Waals surface area contributed by atoms with Gasteiger partial charge in [-0.2, -0.15) is 0 Å². The van der Waals surface area contributed by atoms with Crippen LogP contribution in [0.4, 0.5) is 0 Å². The summed E-state index contributed by atoms with van der Waals surface area (Å²) in [5.74, 6) is -2.98. The molecule has 9 heteroatoms. The number of hydrogen-bond donors (Lipinski definition) is 1. The zero-order chi connectivity index (χ0) is 25.2. The molecule has 7 atom stereocenters. The maximum Gasteiger partial charge on any atom is 0.336 e. The van der Waals surface area contributed by atoms with E-state index in [0.717, 1.165) is 0 Å². The Balaban J connectivity index is 2.19. The SMILES string of the molecule is C=C1C(=O)O[C@H]2[C@H]1[C@H](OC(=O)/C(C)=C\C)[C@@H](O[C@@H](C)CC)/C(C(=O)OC)=C\CC[C@@]1(CO1)[C@@H]2O. The predicted octanol–water partition coefficient (Wildman–Crippen LogP) is 2.17. The summed E-state index contributed by atoms with van der Waals surface area (Å²) >= 11 is 0. The van der Waals surface area contributed by atoms with Gasteiger partial charge < -0.3 is 28.8 Å². The van der Waals surface area contributed by atoms with E-state index in [1.165, 1.54) is 7.11 Å². The topological polar surface area (TPSA) is 121 Å². The number of hydrogen-bond acceptors (Lipinski definition) is 9. The Morgan fingerprint density at radius 1 is 1.41 bits per heavy atom. The van der Waals surface area contributed by atoms with Crippen molar-refractivity contribution in [2.24, 2.45) is 5.92 Å². The Bertz CT molecular complexity index is 898. The Labute approximate surface area is 199 Å². The normalized spacial score (nSPS) is 36.1. The quantitative estimate of drug-likeness (QED) is 0.265. The highest BCUT2D eigenvalue weighted by atomic mass is 16.6. The van der Waals surface area contributed by atoms with Crippen molar-refractivity contribution in [1.29, 1.82) is 0 Å². The van der Waals surface area contributed by atoms with Gasteiger partial charge in [-0.25, -0.2) is 14.4 Å². The average Bonchev–Trinajstić information content (AvgIpc) is 3.56. The number of allylic oxidation sites excluding steroid dienone is 2. The molecule has 2 aliphatic heterocycles. The molecule has 9 nitrogen and oxygen atoms in total. The van der Waals surface area contributed by atoms with Crippen molar-refractivity contribution >= 4 is 17.9 Å². The van der Waals surface area contributed by atoms with Crippen molar-refractivity contribution in [3.05, 3.63) is 35.5 Å². The van der Waals surface area contributed by atoms with Crippen LogP contribution in [0, 0.1) is 5.92 Å². The van der Waals surface area contributed by atoms with E-state index in [-0.39, 0.29) is 23.9 Å². The summed E-state index contributed by atoms with van der Waals surface area (Å²) in [6, 6.07) is 0. The highest BCUT2D eigenvalue weighted by molar-refractivity contribution is 5.93. The molecule has 0 radical (unpaired) electrons. The van der Waals surface area contributed by atoms with E-state index in [2.05, 4.69) is 6.58 Å². The summed E-state index contributed by atoms with van der Waals surface area (Å²) in [5, 5.41) is 11.2. The molecule has 0 aromatic carbocycles. The fraction of sp³-hybridized carbons (Fsp3) is 0.640. The zero-order valence-electron chi connectivity index (χ0n) is 20.4. The van der Waals surface area contributed by atoms with Crippen LogP contribution in [-0.4, -0.2) is 72.9 Å². The zero-order valence-corrected chi connectivity index (χ0v) is 20.4. The van der Waals surface area contributed by atoms with Crippen LogP contribution in [0.5, 0.6) is 0 Å². The fourth-order valence-corrected chi connectivity index (χ4v) is 4.35. The molecule has 0 aromatic heterocycles. The maximum atomic E-state index is 12.9. The van der Waals surface area contributed by atoms with E-state index in [1.807, 2.05) is 13.8 Å². The molecular formula is C25H34O9. The number of carbonyl (C=O) groups is 3. The van der Waals surface area contributed by atoms with Gasteiger partial charge in [-0.05, 0) is 40.0 Å². The van der Waals surface area contributed by atoms with Crippen molar-refractivity contribution in [3.8, 4) is 0 Å². The van der Waals surface area contributed by atoms with E-state index < -0.39 is 53.8 Å². The Morgan fingerprint density at radius 2 is 2.09 bits per heavy atom. The van der Waals surface area contributed by atoms with Gasteiger partial charge in [0.25, 0.3) is 0 Å². The molecule has 188 valence electrons. The molecule has 2 heterocycles. The molecule has 3 aliphatic rings. The van der Waals surface area contributed by atoms with Gasteiger partial charge in [0, 0.05) is 11.1 Å². The Hall–Kier alpha value is -2.49. The molecule has 0 saturated carbocycles. The molecule has 2 saturated heterocycles. The fourth-order valence-electron chi connectivity index (χ4n) is 4.35. The second-order valence-electron chi connectivity index (χ2n) is 9.03. The summed E-state index contributed by atoms with van der Waals surface area (Å²) in [6.45, 7) is 11.2. The van der Waals surface area contributed by atoms with Gasteiger partial charge in [0.15, 0.2) is 0 Å². The molecule has 1 aliphatic carbocycles. The number of aliphatic hydroxyl groups excluding tert-OH is 1. The minimum Gasteiger partial charge on any atom is -0.466 e. The monoisotopic (exact) mass is 478 g/mol. The van der Waals surface area contributed by atoms with Gasteiger partial charge >= 0.3 is 17.9 Å². The molecule has 0 aromatic rings. The minimum atomic E-state index is -1.20. The largest absolute Gasteiger partial charge is 0.466 e. The standard InChI is InChI=1S/C25H34O9/c1-7-13(3)22(27)33-19-17-15(5)23(28)34-20(17)21(26)25(12-31-25)11-9-10-16(24(29)30-6)18(19)32-14(4)8-2/h7,10,14,17-21,26H,5,8-9,11-12H2,1-4,6H3/b13-7-,16-10+/t14-,17+,18-,19-,20-,21+,25+/m0/s1. The molecule has 1 spiro atoms. The number of methoxy groups -OCH3 is 1. The number of epoxide rings is 1. The molecule has 2 fully saturated rings. The van der Waals surface area contributed by atoms with Crippen molar-refractivity contribution in [2.45, 2.75) is 83.1 Å². The van der Waals surface area contributed by atoms with Gasteiger partial charge in [0.2, 0.25) is 0 Å². The first-order valence-corrected chi connectivity index (χ1v) is 11.6.